The summed E-state index contributed by atoms with van der Waals surface area (Å²) < 4.78 is 13.4. The number of aliphatic hydroxyl groups excluding tert-OH is 1. The lowest BCUT2D eigenvalue weighted by molar-refractivity contribution is 0.0698. The van der Waals surface area contributed by atoms with E-state index in [0.717, 1.165) is 54.1 Å². The van der Waals surface area contributed by atoms with Gasteiger partial charge >= 0.3 is 0 Å². The van der Waals surface area contributed by atoms with E-state index < -0.39 is 0 Å². The molecule has 3 aromatic rings. The van der Waals surface area contributed by atoms with Crippen molar-refractivity contribution in [3.8, 4) is 6.07 Å². The van der Waals surface area contributed by atoms with Crippen molar-refractivity contribution in [3.63, 3.8) is 0 Å². The molecule has 3 aromatic carbocycles. The average molecular weight is 542 g/mol. The maximum atomic E-state index is 13.7. The van der Waals surface area contributed by atoms with Crippen LogP contribution in [0.3, 0.4) is 0 Å². The lowest BCUT2D eigenvalue weighted by Crippen LogP contribution is -2.56. The molecule has 0 spiro atoms. The van der Waals surface area contributed by atoms with Crippen molar-refractivity contribution in [2.75, 3.05) is 54.4 Å². The van der Waals surface area contributed by atoms with Crippen molar-refractivity contribution in [2.24, 2.45) is 0 Å². The van der Waals surface area contributed by atoms with Crippen LogP contribution in [0, 0.1) is 31.0 Å². The Bertz CT molecular complexity index is 1400. The summed E-state index contributed by atoms with van der Waals surface area (Å²) in [7, 11) is 0. The molecule has 2 heterocycles. The van der Waals surface area contributed by atoms with Crippen molar-refractivity contribution >= 4 is 23.0 Å². The number of halogens is 1. The van der Waals surface area contributed by atoms with E-state index in [1.165, 1.54) is 12.1 Å². The number of piperidine rings is 1. The van der Waals surface area contributed by atoms with E-state index >= 15 is 0 Å². The summed E-state index contributed by atoms with van der Waals surface area (Å²) in [6, 6.07) is 20.3. The normalized spacial score (nSPS) is 18.0. The van der Waals surface area contributed by atoms with Gasteiger partial charge in [0.15, 0.2) is 0 Å². The first-order valence-electron chi connectivity index (χ1n) is 13.9. The number of piperazine rings is 1. The Hall–Kier alpha value is -4.09. The van der Waals surface area contributed by atoms with Gasteiger partial charge in [0.05, 0.1) is 23.9 Å². The Balaban J connectivity index is 1.25. The number of nitrogens with zero attached hydrogens (tertiary/aromatic N) is 4. The van der Waals surface area contributed by atoms with Crippen molar-refractivity contribution in [3.05, 3.63) is 88.7 Å². The maximum absolute atomic E-state index is 13.7. The van der Waals surface area contributed by atoms with Crippen LogP contribution in [0.25, 0.3) is 0 Å². The van der Waals surface area contributed by atoms with Crippen LogP contribution in [-0.2, 0) is 0 Å². The lowest BCUT2D eigenvalue weighted by atomic mass is 9.99. The van der Waals surface area contributed by atoms with Crippen molar-refractivity contribution in [2.45, 2.75) is 38.8 Å². The zero-order valence-corrected chi connectivity index (χ0v) is 23.1. The largest absolute Gasteiger partial charge is 0.394 e. The van der Waals surface area contributed by atoms with Gasteiger partial charge in [0.2, 0.25) is 0 Å². The number of nitrogens with one attached hydrogen (secondary N) is 1. The van der Waals surface area contributed by atoms with E-state index in [4.69, 9.17) is 0 Å². The number of carbonyl (C=O) groups is 1. The highest BCUT2D eigenvalue weighted by Gasteiger charge is 2.31. The maximum Gasteiger partial charge on any atom is 0.254 e. The SMILES string of the molecule is Cc1cc(C)c(C(=O)N2CCN(c3ccc(F)cc3)C(CO)C2)cc1NC1CCN(c2ccccc2C#N)CC1. The highest BCUT2D eigenvalue weighted by Crippen LogP contribution is 2.29. The number of hydrogen-bond donors (Lipinski definition) is 2. The Labute approximate surface area is 235 Å². The number of aryl methyl sites for hydroxylation is 2. The molecule has 1 amide bonds. The molecule has 1 unspecified atom stereocenters. The van der Waals surface area contributed by atoms with Crippen LogP contribution >= 0.6 is 0 Å². The van der Waals surface area contributed by atoms with E-state index in [1.807, 2.05) is 47.1 Å². The summed E-state index contributed by atoms with van der Waals surface area (Å²) in [4.78, 5) is 19.8. The molecule has 2 saturated heterocycles. The second-order valence-corrected chi connectivity index (χ2v) is 10.8. The van der Waals surface area contributed by atoms with Crippen LogP contribution in [0.4, 0.5) is 21.5 Å². The van der Waals surface area contributed by atoms with Crippen molar-refractivity contribution in [1.82, 2.24) is 4.90 Å². The third-order valence-electron chi connectivity index (χ3n) is 8.16. The molecule has 208 valence electrons. The van der Waals surface area contributed by atoms with Crippen LogP contribution in [0.5, 0.6) is 0 Å². The molecular weight excluding hydrogens is 505 g/mol. The highest BCUT2D eigenvalue weighted by atomic mass is 19.1. The van der Waals surface area contributed by atoms with Gasteiger partial charge in [-0.05, 0) is 80.3 Å². The van der Waals surface area contributed by atoms with Gasteiger partial charge in [-0.2, -0.15) is 5.26 Å². The van der Waals surface area contributed by atoms with Crippen molar-refractivity contribution in [1.29, 1.82) is 5.26 Å². The minimum atomic E-state index is -0.299. The zero-order valence-electron chi connectivity index (χ0n) is 23.1. The quantitative estimate of drug-likeness (QED) is 0.470. The van der Waals surface area contributed by atoms with Crippen LogP contribution in [-0.4, -0.2) is 67.3 Å². The molecule has 2 N–H and O–H groups in total. The predicted molar refractivity (Wildman–Crippen MR) is 156 cm³/mol. The van der Waals surface area contributed by atoms with Gasteiger partial charge in [-0.25, -0.2) is 4.39 Å². The van der Waals surface area contributed by atoms with Gasteiger partial charge in [0.25, 0.3) is 5.91 Å². The standard InChI is InChI=1S/C32H36FN5O2/c1-22-17-23(2)30(35-26-11-13-36(14-12-26)31-6-4-3-5-24(31)19-34)18-29(22)32(40)37-15-16-38(28(20-37)21-39)27-9-7-25(33)8-10-27/h3-10,17-18,26,28,35,39H,11-16,20-21H2,1-2H3. The first-order valence-corrected chi connectivity index (χ1v) is 13.9. The van der Waals surface area contributed by atoms with Gasteiger partial charge in [0.1, 0.15) is 11.9 Å². The fourth-order valence-corrected chi connectivity index (χ4v) is 5.91. The smallest absolute Gasteiger partial charge is 0.254 e. The molecule has 2 aliphatic heterocycles. The first-order chi connectivity index (χ1) is 19.4. The molecule has 5 rings (SSSR count). The predicted octanol–water partition coefficient (Wildman–Crippen LogP) is 4.72. The molecular formula is C32H36FN5O2. The number of anilines is 3. The first kappa shape index (κ1) is 27.5. The molecule has 0 bridgehead atoms. The minimum absolute atomic E-state index is 0.0410. The fraction of sp³-hybridized carbons (Fsp3) is 0.375. The summed E-state index contributed by atoms with van der Waals surface area (Å²) in [5, 5.41) is 23.3. The van der Waals surface area contributed by atoms with Gasteiger partial charge in [-0.1, -0.05) is 18.2 Å². The third kappa shape index (κ3) is 5.75. The molecule has 0 aliphatic carbocycles. The van der Waals surface area contributed by atoms with E-state index in [0.29, 0.717) is 30.8 Å². The minimum Gasteiger partial charge on any atom is -0.394 e. The van der Waals surface area contributed by atoms with Crippen LogP contribution in [0.1, 0.15) is 39.9 Å². The third-order valence-corrected chi connectivity index (χ3v) is 8.16. The van der Waals surface area contributed by atoms with Crippen molar-refractivity contribution < 1.29 is 14.3 Å². The molecule has 0 saturated carbocycles. The molecule has 8 heteroatoms. The van der Waals surface area contributed by atoms with Gasteiger partial charge < -0.3 is 25.1 Å². The number of nitriles is 1. The Morgan fingerprint density at radius 2 is 1.75 bits per heavy atom. The molecule has 2 fully saturated rings. The number of para-hydroxylation sites is 1. The number of aliphatic hydroxyl groups is 1. The second-order valence-electron chi connectivity index (χ2n) is 10.8. The number of hydrogen-bond acceptors (Lipinski definition) is 6. The lowest BCUT2D eigenvalue weighted by Gasteiger charge is -2.42. The van der Waals surface area contributed by atoms with Crippen LogP contribution < -0.4 is 15.1 Å². The van der Waals surface area contributed by atoms with E-state index in [-0.39, 0.29) is 30.4 Å². The summed E-state index contributed by atoms with van der Waals surface area (Å²) in [6.07, 6.45) is 1.86. The van der Waals surface area contributed by atoms with E-state index in [1.54, 1.807) is 12.1 Å². The second kappa shape index (κ2) is 12.0. The molecule has 0 aromatic heterocycles. The Morgan fingerprint density at radius 1 is 1.02 bits per heavy atom. The van der Waals surface area contributed by atoms with E-state index in [9.17, 15) is 19.6 Å². The number of amides is 1. The van der Waals surface area contributed by atoms with Gasteiger partial charge in [-0.3, -0.25) is 4.79 Å². The Kier molecular flexibility index (Phi) is 8.22. The highest BCUT2D eigenvalue weighted by molar-refractivity contribution is 5.97. The molecule has 7 nitrogen and oxygen atoms in total. The topological polar surface area (TPSA) is 82.8 Å². The average Bonchev–Trinajstić information content (AvgIpc) is 2.98. The summed E-state index contributed by atoms with van der Waals surface area (Å²) in [5.74, 6) is -0.340. The zero-order chi connectivity index (χ0) is 28.2. The van der Waals surface area contributed by atoms with E-state index in [2.05, 4.69) is 29.3 Å². The summed E-state index contributed by atoms with van der Waals surface area (Å²) in [6.45, 7) is 7.11. The molecule has 2 aliphatic rings. The Morgan fingerprint density at radius 3 is 2.45 bits per heavy atom. The molecule has 40 heavy (non-hydrogen) atoms. The summed E-state index contributed by atoms with van der Waals surface area (Å²) >= 11 is 0. The van der Waals surface area contributed by atoms with Gasteiger partial charge in [0, 0.05) is 55.7 Å². The van der Waals surface area contributed by atoms with Crippen LogP contribution in [0.2, 0.25) is 0 Å². The number of carbonyl (C=O) groups excluding carboxylic acids is 1. The van der Waals surface area contributed by atoms with Crippen LogP contribution in [0.15, 0.2) is 60.7 Å². The molecule has 1 atom stereocenters. The summed E-state index contributed by atoms with van der Waals surface area (Å²) in [5.41, 5.74) is 6.19. The molecule has 0 radical (unpaired) electrons. The van der Waals surface area contributed by atoms with Gasteiger partial charge in [-0.15, -0.1) is 0 Å². The monoisotopic (exact) mass is 541 g/mol. The fourth-order valence-electron chi connectivity index (χ4n) is 5.91. The number of rotatable bonds is 6. The number of benzene rings is 3.